The molecule has 1 saturated carbocycles. The van der Waals surface area contributed by atoms with E-state index in [1.54, 1.807) is 7.11 Å². The molecule has 0 radical (unpaired) electrons. The first-order chi connectivity index (χ1) is 15.0. The van der Waals surface area contributed by atoms with Gasteiger partial charge in [-0.3, -0.25) is 9.69 Å². The summed E-state index contributed by atoms with van der Waals surface area (Å²) in [5.41, 5.74) is 2.50. The number of nitrogens with one attached hydrogen (secondary N) is 1. The molecule has 172 valence electrons. The number of nitriles is 1. The van der Waals surface area contributed by atoms with Crippen LogP contribution in [0.1, 0.15) is 68.2 Å². The number of rotatable bonds is 9. The van der Waals surface area contributed by atoms with Crippen molar-refractivity contribution in [2.75, 3.05) is 38.7 Å². The Morgan fingerprint density at radius 3 is 2.45 bits per heavy atom. The Morgan fingerprint density at radius 1 is 1.13 bits per heavy atom. The number of likely N-dealkylation sites (tertiary alicyclic amines) is 1. The highest BCUT2D eigenvalue weighted by molar-refractivity contribution is 5.93. The van der Waals surface area contributed by atoms with Crippen LogP contribution in [-0.2, 0) is 20.8 Å². The van der Waals surface area contributed by atoms with E-state index < -0.39 is 0 Å². The minimum atomic E-state index is -0.0614. The third-order valence-corrected chi connectivity index (χ3v) is 6.77. The van der Waals surface area contributed by atoms with Gasteiger partial charge in [-0.05, 0) is 51.5 Å². The first-order valence-corrected chi connectivity index (χ1v) is 11.8. The van der Waals surface area contributed by atoms with Gasteiger partial charge >= 0.3 is 0 Å². The Morgan fingerprint density at radius 2 is 1.81 bits per heavy atom. The van der Waals surface area contributed by atoms with Crippen LogP contribution in [0.2, 0.25) is 0 Å². The van der Waals surface area contributed by atoms with Gasteiger partial charge in [-0.1, -0.05) is 19.3 Å². The summed E-state index contributed by atoms with van der Waals surface area (Å²) in [6, 6.07) is 2.27. The highest BCUT2D eigenvalue weighted by atomic mass is 16.5. The average Bonchev–Trinajstić information content (AvgIpc) is 2.99. The van der Waals surface area contributed by atoms with Crippen LogP contribution in [0, 0.1) is 25.2 Å². The smallest absolute Gasteiger partial charge is 0.239 e. The van der Waals surface area contributed by atoms with Crippen LogP contribution in [0.3, 0.4) is 0 Å². The topological polar surface area (TPSA) is 79.5 Å². The number of nitrogens with zero attached hydrogens (tertiary/aromatic N) is 3. The van der Waals surface area contributed by atoms with Crippen LogP contribution in [0.15, 0.2) is 0 Å². The van der Waals surface area contributed by atoms with Crippen LogP contribution in [-0.4, -0.2) is 60.9 Å². The molecular formula is C24H38N4O3. The summed E-state index contributed by atoms with van der Waals surface area (Å²) in [5, 5.41) is 12.7. The van der Waals surface area contributed by atoms with E-state index in [0.717, 1.165) is 43.6 Å². The van der Waals surface area contributed by atoms with Gasteiger partial charge in [0.1, 0.15) is 11.9 Å². The van der Waals surface area contributed by atoms with Gasteiger partial charge < -0.3 is 19.4 Å². The van der Waals surface area contributed by atoms with Gasteiger partial charge in [-0.15, -0.1) is 0 Å². The summed E-state index contributed by atoms with van der Waals surface area (Å²) in [7, 11) is 1.68. The molecule has 1 N–H and O–H groups in total. The fraction of sp³-hybridized carbons (Fsp3) is 0.750. The molecule has 0 bridgehead atoms. The largest absolute Gasteiger partial charge is 0.385 e. The minimum absolute atomic E-state index is 0.0614. The molecule has 1 aliphatic heterocycles. The van der Waals surface area contributed by atoms with Crippen molar-refractivity contribution in [1.29, 1.82) is 5.26 Å². The van der Waals surface area contributed by atoms with Crippen molar-refractivity contribution in [3.8, 4) is 6.07 Å². The summed E-state index contributed by atoms with van der Waals surface area (Å²) in [6.07, 6.45) is 9.90. The number of piperidine rings is 1. The summed E-state index contributed by atoms with van der Waals surface area (Å²) >= 11 is 0. The van der Waals surface area contributed by atoms with E-state index in [1.807, 2.05) is 18.4 Å². The Hall–Kier alpha value is -1.88. The molecule has 2 fully saturated rings. The van der Waals surface area contributed by atoms with Crippen LogP contribution in [0.25, 0.3) is 0 Å². The van der Waals surface area contributed by atoms with Crippen molar-refractivity contribution < 1.29 is 14.3 Å². The van der Waals surface area contributed by atoms with Crippen molar-refractivity contribution >= 4 is 11.7 Å². The molecule has 2 heterocycles. The Labute approximate surface area is 186 Å². The quantitative estimate of drug-likeness (QED) is 0.604. The van der Waals surface area contributed by atoms with Crippen molar-refractivity contribution in [1.82, 2.24) is 9.47 Å². The van der Waals surface area contributed by atoms with Gasteiger partial charge in [-0.2, -0.15) is 5.26 Å². The fourth-order valence-electron chi connectivity index (χ4n) is 4.83. The molecule has 0 aromatic carbocycles. The first-order valence-electron chi connectivity index (χ1n) is 11.8. The minimum Gasteiger partial charge on any atom is -0.385 e. The highest BCUT2D eigenvalue weighted by Gasteiger charge is 2.26. The Balaban J connectivity index is 1.52. The maximum absolute atomic E-state index is 12.8. The molecule has 1 aliphatic carbocycles. The lowest BCUT2D eigenvalue weighted by atomic mass is 9.97. The van der Waals surface area contributed by atoms with Gasteiger partial charge in [0.25, 0.3) is 0 Å². The molecule has 1 aromatic heterocycles. The molecule has 0 unspecified atom stereocenters. The van der Waals surface area contributed by atoms with E-state index in [-0.39, 0.29) is 5.91 Å². The number of hydrogen-bond donors (Lipinski definition) is 1. The van der Waals surface area contributed by atoms with E-state index in [2.05, 4.69) is 16.3 Å². The highest BCUT2D eigenvalue weighted by Crippen LogP contribution is 2.27. The summed E-state index contributed by atoms with van der Waals surface area (Å²) in [6.45, 7) is 7.39. The third kappa shape index (κ3) is 6.31. The van der Waals surface area contributed by atoms with Crippen LogP contribution < -0.4 is 5.32 Å². The van der Waals surface area contributed by atoms with Gasteiger partial charge in [0.15, 0.2) is 0 Å². The number of anilines is 1. The van der Waals surface area contributed by atoms with Crippen molar-refractivity contribution in [3.05, 3.63) is 16.8 Å². The molecule has 1 amide bonds. The molecular weight excluding hydrogens is 392 g/mol. The van der Waals surface area contributed by atoms with Crippen LogP contribution in [0.5, 0.6) is 0 Å². The number of amides is 1. The number of carbonyl (C=O) groups excluding carboxylic acids is 1. The molecule has 0 atom stereocenters. The lowest BCUT2D eigenvalue weighted by molar-refractivity contribution is -0.118. The van der Waals surface area contributed by atoms with Crippen LogP contribution >= 0.6 is 0 Å². The van der Waals surface area contributed by atoms with Crippen molar-refractivity contribution in [2.24, 2.45) is 0 Å². The lowest BCUT2D eigenvalue weighted by Crippen LogP contribution is -2.42. The molecule has 3 rings (SSSR count). The van der Waals surface area contributed by atoms with E-state index in [4.69, 9.17) is 9.47 Å². The SMILES string of the molecule is COCCCn1c(C)c(C)c(C#N)c1NC(=O)CN1CCC(OC2CCCCC2)CC1. The first kappa shape index (κ1) is 23.8. The summed E-state index contributed by atoms with van der Waals surface area (Å²) < 4.78 is 13.5. The number of methoxy groups -OCH3 is 1. The summed E-state index contributed by atoms with van der Waals surface area (Å²) in [4.78, 5) is 15.0. The Kier molecular flexibility index (Phi) is 8.94. The maximum Gasteiger partial charge on any atom is 0.239 e. The summed E-state index contributed by atoms with van der Waals surface area (Å²) in [5.74, 6) is 0.558. The molecule has 2 aliphatic rings. The number of ether oxygens (including phenoxy) is 2. The van der Waals surface area contributed by atoms with Gasteiger partial charge in [-0.25, -0.2) is 0 Å². The molecule has 0 spiro atoms. The Bertz CT molecular complexity index is 769. The zero-order chi connectivity index (χ0) is 22.2. The van der Waals surface area contributed by atoms with Crippen LogP contribution in [0.4, 0.5) is 5.82 Å². The fourth-order valence-corrected chi connectivity index (χ4v) is 4.83. The predicted molar refractivity (Wildman–Crippen MR) is 121 cm³/mol. The second-order valence-electron chi connectivity index (χ2n) is 8.96. The van der Waals surface area contributed by atoms with Crippen molar-refractivity contribution in [2.45, 2.75) is 84.0 Å². The molecule has 31 heavy (non-hydrogen) atoms. The van der Waals surface area contributed by atoms with E-state index >= 15 is 0 Å². The van der Waals surface area contributed by atoms with E-state index in [9.17, 15) is 10.1 Å². The maximum atomic E-state index is 12.8. The molecule has 7 heteroatoms. The van der Waals surface area contributed by atoms with Gasteiger partial charge in [0.2, 0.25) is 5.91 Å². The molecule has 1 saturated heterocycles. The van der Waals surface area contributed by atoms with Gasteiger partial charge in [0, 0.05) is 39.0 Å². The zero-order valence-corrected chi connectivity index (χ0v) is 19.4. The normalized spacial score (nSPS) is 18.8. The molecule has 7 nitrogen and oxygen atoms in total. The van der Waals surface area contributed by atoms with Gasteiger partial charge in [0.05, 0.1) is 24.3 Å². The van der Waals surface area contributed by atoms with E-state index in [0.29, 0.717) is 43.3 Å². The van der Waals surface area contributed by atoms with E-state index in [1.165, 1.54) is 32.1 Å². The average molecular weight is 431 g/mol. The van der Waals surface area contributed by atoms with Crippen molar-refractivity contribution in [3.63, 3.8) is 0 Å². The third-order valence-electron chi connectivity index (χ3n) is 6.77. The standard InChI is InChI=1S/C24H38N4O3/c1-18-19(2)28(12-7-15-30-3)24(22(18)16-25)26-23(29)17-27-13-10-21(11-14-27)31-20-8-5-4-6-9-20/h20-21H,4-15,17H2,1-3H3,(H,26,29). The second-order valence-corrected chi connectivity index (χ2v) is 8.96. The number of aromatic nitrogens is 1. The lowest BCUT2D eigenvalue weighted by Gasteiger charge is -2.34. The molecule has 1 aromatic rings. The zero-order valence-electron chi connectivity index (χ0n) is 19.4. The number of hydrogen-bond acceptors (Lipinski definition) is 5. The second kappa shape index (κ2) is 11.7. The predicted octanol–water partition coefficient (Wildman–Crippen LogP) is 3.77. The number of carbonyl (C=O) groups is 1. The monoisotopic (exact) mass is 430 g/mol.